The van der Waals surface area contributed by atoms with Crippen molar-refractivity contribution in [3.8, 4) is 0 Å². The fourth-order valence-electron chi connectivity index (χ4n) is 3.40. The molecule has 0 radical (unpaired) electrons. The van der Waals surface area contributed by atoms with Crippen molar-refractivity contribution in [2.45, 2.75) is 26.2 Å². The van der Waals surface area contributed by atoms with Gasteiger partial charge in [-0.25, -0.2) is 4.79 Å². The molecule has 1 atom stereocenters. The van der Waals surface area contributed by atoms with Gasteiger partial charge in [0.25, 0.3) is 5.91 Å². The molecule has 0 bridgehead atoms. The molecule has 2 aromatic rings. The van der Waals surface area contributed by atoms with E-state index in [1.54, 1.807) is 12.1 Å². The van der Waals surface area contributed by atoms with Crippen molar-refractivity contribution in [1.29, 1.82) is 0 Å². The molecule has 0 spiro atoms. The summed E-state index contributed by atoms with van der Waals surface area (Å²) in [5, 5.41) is 9.37. The van der Waals surface area contributed by atoms with Gasteiger partial charge in [0.15, 0.2) is 0 Å². The maximum absolute atomic E-state index is 12.8. The number of rotatable bonds is 3. The summed E-state index contributed by atoms with van der Waals surface area (Å²) in [5.41, 5.74) is 4.01. The number of carbonyl (C=O) groups excluding carboxylic acids is 1. The maximum atomic E-state index is 12.8. The van der Waals surface area contributed by atoms with Gasteiger partial charge in [0.1, 0.15) is 0 Å². The molecule has 1 aliphatic rings. The Morgan fingerprint density at radius 1 is 1.04 bits per heavy atom. The number of aryl methyl sites for hydroxylation is 1. The Morgan fingerprint density at radius 3 is 2.50 bits per heavy atom. The van der Waals surface area contributed by atoms with E-state index in [2.05, 4.69) is 0 Å². The highest BCUT2D eigenvalue weighted by Crippen LogP contribution is 2.31. The topological polar surface area (TPSA) is 57.6 Å². The number of likely N-dealkylation sites (tertiary alicyclic amines) is 1. The van der Waals surface area contributed by atoms with Crippen LogP contribution in [0.4, 0.5) is 0 Å². The highest BCUT2D eigenvalue weighted by Gasteiger charge is 2.30. The van der Waals surface area contributed by atoms with Gasteiger partial charge >= 0.3 is 5.97 Å². The van der Waals surface area contributed by atoms with E-state index in [1.807, 2.05) is 49.1 Å². The molecule has 24 heavy (non-hydrogen) atoms. The lowest BCUT2D eigenvalue weighted by molar-refractivity contribution is 0.0695. The number of amides is 1. The lowest BCUT2D eigenvalue weighted by atomic mass is 9.93. The van der Waals surface area contributed by atoms with Gasteiger partial charge in [-0.2, -0.15) is 0 Å². The van der Waals surface area contributed by atoms with Gasteiger partial charge in [-0.05, 0) is 49.1 Å². The van der Waals surface area contributed by atoms with Crippen LogP contribution in [0.5, 0.6) is 0 Å². The molecular weight excluding hydrogens is 302 g/mol. The molecule has 1 N–H and O–H groups in total. The average molecular weight is 323 g/mol. The van der Waals surface area contributed by atoms with E-state index in [4.69, 9.17) is 0 Å². The number of carboxylic acids is 1. The van der Waals surface area contributed by atoms with Crippen LogP contribution in [0.2, 0.25) is 0 Å². The second-order valence-corrected chi connectivity index (χ2v) is 6.38. The lowest BCUT2D eigenvalue weighted by Gasteiger charge is -2.19. The molecule has 2 aromatic carbocycles. The first-order valence-corrected chi connectivity index (χ1v) is 8.16. The van der Waals surface area contributed by atoms with Crippen molar-refractivity contribution in [1.82, 2.24) is 4.90 Å². The van der Waals surface area contributed by atoms with Crippen molar-refractivity contribution < 1.29 is 14.7 Å². The molecule has 4 nitrogen and oxygen atoms in total. The Hall–Kier alpha value is -2.62. The first-order valence-electron chi connectivity index (χ1n) is 8.16. The summed E-state index contributed by atoms with van der Waals surface area (Å²) in [6.45, 7) is 5.19. The molecule has 0 saturated carbocycles. The van der Waals surface area contributed by atoms with Gasteiger partial charge < -0.3 is 10.0 Å². The number of carboxylic acid groups (broad SMARTS) is 1. The smallest absolute Gasteiger partial charge is 0.335 e. The lowest BCUT2D eigenvalue weighted by Crippen LogP contribution is -2.29. The monoisotopic (exact) mass is 323 g/mol. The highest BCUT2D eigenvalue weighted by atomic mass is 16.4. The van der Waals surface area contributed by atoms with Crippen molar-refractivity contribution in [3.05, 3.63) is 70.3 Å². The number of nitrogens with zero attached hydrogens (tertiary/aromatic N) is 1. The molecular formula is C20H21NO3. The van der Waals surface area contributed by atoms with Gasteiger partial charge in [0, 0.05) is 24.6 Å². The molecule has 1 saturated heterocycles. The van der Waals surface area contributed by atoms with E-state index in [0.29, 0.717) is 18.7 Å². The zero-order valence-electron chi connectivity index (χ0n) is 14.0. The van der Waals surface area contributed by atoms with Crippen molar-refractivity contribution in [3.63, 3.8) is 0 Å². The minimum atomic E-state index is -0.912. The summed E-state index contributed by atoms with van der Waals surface area (Å²) < 4.78 is 0. The van der Waals surface area contributed by atoms with E-state index >= 15 is 0 Å². The minimum absolute atomic E-state index is 0.0338. The Morgan fingerprint density at radius 2 is 1.75 bits per heavy atom. The number of carbonyl (C=O) groups is 2. The van der Waals surface area contributed by atoms with Gasteiger partial charge in [-0.1, -0.05) is 30.3 Å². The number of hydrogen-bond donors (Lipinski definition) is 1. The molecule has 1 amide bonds. The van der Waals surface area contributed by atoms with Crippen molar-refractivity contribution >= 4 is 11.9 Å². The number of aromatic carboxylic acids is 1. The predicted octanol–water partition coefficient (Wildman–Crippen LogP) is 3.63. The Kier molecular flexibility index (Phi) is 4.38. The molecule has 0 unspecified atom stereocenters. The zero-order valence-corrected chi connectivity index (χ0v) is 14.0. The van der Waals surface area contributed by atoms with E-state index in [0.717, 1.165) is 28.7 Å². The van der Waals surface area contributed by atoms with E-state index in [9.17, 15) is 14.7 Å². The van der Waals surface area contributed by atoms with Gasteiger partial charge in [-0.15, -0.1) is 0 Å². The summed E-state index contributed by atoms with van der Waals surface area (Å²) >= 11 is 0. The van der Waals surface area contributed by atoms with Gasteiger partial charge in [0.05, 0.1) is 5.56 Å². The molecule has 124 valence electrons. The van der Waals surface area contributed by atoms with Crippen LogP contribution in [0.25, 0.3) is 0 Å². The summed E-state index contributed by atoms with van der Waals surface area (Å²) in [5.74, 6) is -0.803. The SMILES string of the molecule is Cc1cccc(C(=O)N2CC[C@@H](c3ccccc3C(=O)O)C2)c1C. The molecule has 1 fully saturated rings. The van der Waals surface area contributed by atoms with Gasteiger partial charge in [0.2, 0.25) is 0 Å². The molecule has 0 aliphatic carbocycles. The summed E-state index contributed by atoms with van der Waals surface area (Å²) in [4.78, 5) is 26.1. The Bertz CT molecular complexity index is 797. The number of benzene rings is 2. The largest absolute Gasteiger partial charge is 0.478 e. The first-order chi connectivity index (χ1) is 11.5. The average Bonchev–Trinajstić information content (AvgIpc) is 3.06. The highest BCUT2D eigenvalue weighted by molar-refractivity contribution is 5.96. The van der Waals surface area contributed by atoms with Crippen LogP contribution in [-0.2, 0) is 0 Å². The van der Waals surface area contributed by atoms with Gasteiger partial charge in [-0.3, -0.25) is 4.79 Å². The quantitative estimate of drug-likeness (QED) is 0.938. The Labute approximate surface area is 141 Å². The van der Waals surface area contributed by atoms with Crippen LogP contribution in [-0.4, -0.2) is 35.0 Å². The third-order valence-electron chi connectivity index (χ3n) is 4.94. The molecule has 1 heterocycles. The van der Waals surface area contributed by atoms with E-state index in [1.165, 1.54) is 0 Å². The Balaban J connectivity index is 1.82. The van der Waals surface area contributed by atoms with Crippen LogP contribution < -0.4 is 0 Å². The third kappa shape index (κ3) is 2.92. The first kappa shape index (κ1) is 16.2. The molecule has 3 rings (SSSR count). The summed E-state index contributed by atoms with van der Waals surface area (Å²) in [7, 11) is 0. The van der Waals surface area contributed by atoms with Crippen LogP contribution in [0, 0.1) is 13.8 Å². The van der Waals surface area contributed by atoms with Crippen LogP contribution >= 0.6 is 0 Å². The second-order valence-electron chi connectivity index (χ2n) is 6.38. The van der Waals surface area contributed by atoms with Crippen LogP contribution in [0.1, 0.15) is 49.7 Å². The molecule has 4 heteroatoms. The molecule has 0 aromatic heterocycles. The van der Waals surface area contributed by atoms with Crippen LogP contribution in [0.15, 0.2) is 42.5 Å². The fourth-order valence-corrected chi connectivity index (χ4v) is 3.40. The predicted molar refractivity (Wildman–Crippen MR) is 92.6 cm³/mol. The second kappa shape index (κ2) is 6.48. The number of hydrogen-bond acceptors (Lipinski definition) is 2. The maximum Gasteiger partial charge on any atom is 0.335 e. The van der Waals surface area contributed by atoms with Crippen molar-refractivity contribution in [2.75, 3.05) is 13.1 Å². The van der Waals surface area contributed by atoms with Crippen molar-refractivity contribution in [2.24, 2.45) is 0 Å². The van der Waals surface area contributed by atoms with Crippen LogP contribution in [0.3, 0.4) is 0 Å². The summed E-state index contributed by atoms with van der Waals surface area (Å²) in [6, 6.07) is 12.9. The standard InChI is InChI=1S/C20H21NO3/c1-13-6-5-9-16(14(13)2)19(22)21-11-10-15(12-21)17-7-3-4-8-18(17)20(23)24/h3-9,15H,10-12H2,1-2H3,(H,23,24)/t15-/m1/s1. The van der Waals surface area contributed by atoms with E-state index < -0.39 is 5.97 Å². The molecule has 1 aliphatic heterocycles. The fraction of sp³-hybridized carbons (Fsp3) is 0.300. The minimum Gasteiger partial charge on any atom is -0.478 e. The third-order valence-corrected chi connectivity index (χ3v) is 4.94. The normalized spacial score (nSPS) is 17.1. The summed E-state index contributed by atoms with van der Waals surface area (Å²) in [6.07, 6.45) is 0.793. The van der Waals surface area contributed by atoms with E-state index in [-0.39, 0.29) is 11.8 Å². The zero-order chi connectivity index (χ0) is 17.3.